The summed E-state index contributed by atoms with van der Waals surface area (Å²) in [5, 5.41) is 1.35. The average molecular weight is 677 g/mol. The van der Waals surface area contributed by atoms with Crippen LogP contribution in [0.5, 0.6) is 0 Å². The van der Waals surface area contributed by atoms with Gasteiger partial charge in [-0.25, -0.2) is 4.90 Å². The molecule has 1 aliphatic heterocycles. The van der Waals surface area contributed by atoms with E-state index in [9.17, 15) is 35.9 Å². The van der Waals surface area contributed by atoms with E-state index in [4.69, 9.17) is 0 Å². The molecule has 0 N–H and O–H groups in total. The fraction of sp³-hybridized carbons (Fsp3) is 0.0500. The Labute approximate surface area is 280 Å². The topological polar surface area (TPSA) is 42.3 Å². The fourth-order valence-electron chi connectivity index (χ4n) is 6.73. The van der Waals surface area contributed by atoms with Crippen LogP contribution in [-0.4, -0.2) is 16.4 Å². The van der Waals surface area contributed by atoms with Crippen LogP contribution >= 0.6 is 0 Å². The number of hydrogen-bond donors (Lipinski definition) is 0. The summed E-state index contributed by atoms with van der Waals surface area (Å²) >= 11 is 0. The van der Waals surface area contributed by atoms with E-state index in [1.165, 1.54) is 12.1 Å². The van der Waals surface area contributed by atoms with Crippen molar-refractivity contribution in [3.05, 3.63) is 156 Å². The molecule has 0 bridgehead atoms. The molecule has 0 fully saturated rings. The van der Waals surface area contributed by atoms with Crippen molar-refractivity contribution in [3.63, 3.8) is 0 Å². The van der Waals surface area contributed by atoms with Gasteiger partial charge < -0.3 is 4.57 Å². The number of nitrogens with zero attached hydrogens (tertiary/aromatic N) is 2. The molecule has 50 heavy (non-hydrogen) atoms. The third-order valence-electron chi connectivity index (χ3n) is 9.00. The summed E-state index contributed by atoms with van der Waals surface area (Å²) in [4.78, 5) is 29.1. The number of halogens is 6. The van der Waals surface area contributed by atoms with Crippen LogP contribution in [0.25, 0.3) is 49.7 Å². The van der Waals surface area contributed by atoms with E-state index in [1.54, 1.807) is 59.2 Å². The van der Waals surface area contributed by atoms with E-state index in [1.807, 2.05) is 48.5 Å². The number of carbonyl (C=O) groups is 2. The molecule has 10 heteroatoms. The highest BCUT2D eigenvalue weighted by atomic mass is 19.4. The van der Waals surface area contributed by atoms with Gasteiger partial charge in [-0.3, -0.25) is 9.59 Å². The molecule has 0 radical (unpaired) electrons. The molecule has 0 saturated heterocycles. The largest absolute Gasteiger partial charge is 0.417 e. The van der Waals surface area contributed by atoms with Crippen LogP contribution in [0.1, 0.15) is 31.8 Å². The standard InChI is InChI=1S/C40H22F6N2O2/c41-39(42,43)26-16-20-28(32(22-26)40(44,45)46)25-15-19-30-29-9-4-5-11-33(29)48(35(30)21-25)34-12-6-10-31-36(34)38(50)47(37(31)49)27-17-13-24(14-18-27)23-7-2-1-3-8-23/h1-22H. The Bertz CT molecular complexity index is 2500. The van der Waals surface area contributed by atoms with Crippen LogP contribution in [0.4, 0.5) is 32.0 Å². The highest BCUT2D eigenvalue weighted by Crippen LogP contribution is 2.43. The molecule has 246 valence electrons. The molecule has 7 aromatic rings. The molecule has 2 heterocycles. The predicted octanol–water partition coefficient (Wildman–Crippen LogP) is 11.0. The first-order valence-corrected chi connectivity index (χ1v) is 15.4. The van der Waals surface area contributed by atoms with Crippen LogP contribution in [0.2, 0.25) is 0 Å². The van der Waals surface area contributed by atoms with Gasteiger partial charge in [0.25, 0.3) is 11.8 Å². The third-order valence-corrected chi connectivity index (χ3v) is 9.00. The van der Waals surface area contributed by atoms with E-state index in [0.29, 0.717) is 33.9 Å². The highest BCUT2D eigenvalue weighted by molar-refractivity contribution is 6.35. The van der Waals surface area contributed by atoms with Gasteiger partial charge in [-0.15, -0.1) is 0 Å². The Hall–Kier alpha value is -6.16. The molecule has 4 nitrogen and oxygen atoms in total. The smallest absolute Gasteiger partial charge is 0.308 e. The lowest BCUT2D eigenvalue weighted by molar-refractivity contribution is -0.142. The molecule has 1 aromatic heterocycles. The summed E-state index contributed by atoms with van der Waals surface area (Å²) in [5.41, 5.74) is 0.602. The van der Waals surface area contributed by atoms with Gasteiger partial charge in [0, 0.05) is 10.8 Å². The number of carbonyl (C=O) groups excluding carboxylic acids is 2. The Morgan fingerprint density at radius 2 is 1.14 bits per heavy atom. The van der Waals surface area contributed by atoms with E-state index in [0.717, 1.165) is 27.5 Å². The van der Waals surface area contributed by atoms with Crippen molar-refractivity contribution >= 4 is 39.3 Å². The van der Waals surface area contributed by atoms with Gasteiger partial charge in [-0.1, -0.05) is 84.9 Å². The van der Waals surface area contributed by atoms with Crippen molar-refractivity contribution in [1.82, 2.24) is 4.57 Å². The van der Waals surface area contributed by atoms with E-state index in [-0.39, 0.29) is 22.8 Å². The fourth-order valence-corrected chi connectivity index (χ4v) is 6.73. The van der Waals surface area contributed by atoms with Crippen LogP contribution in [-0.2, 0) is 12.4 Å². The molecule has 0 aliphatic carbocycles. The SMILES string of the molecule is O=C1c2cccc(-n3c4ccccc4c4ccc(-c5ccc(C(F)(F)F)cc5C(F)(F)F)cc43)c2C(=O)N1c1ccc(-c2ccccc2)cc1. The maximum atomic E-state index is 14.2. The minimum Gasteiger partial charge on any atom is -0.308 e. The second-order valence-corrected chi connectivity index (χ2v) is 11.9. The number of para-hydroxylation sites is 1. The molecular formula is C40H22F6N2O2. The first-order chi connectivity index (χ1) is 23.9. The number of benzene rings is 6. The number of anilines is 1. The number of fused-ring (bicyclic) bond motifs is 4. The van der Waals surface area contributed by atoms with Gasteiger partial charge in [0.15, 0.2) is 0 Å². The average Bonchev–Trinajstić information content (AvgIpc) is 3.58. The minimum atomic E-state index is -5.08. The molecule has 0 spiro atoms. The normalized spacial score (nSPS) is 13.4. The summed E-state index contributed by atoms with van der Waals surface area (Å²) < 4.78 is 84.6. The zero-order valence-electron chi connectivity index (χ0n) is 25.7. The van der Waals surface area contributed by atoms with Crippen molar-refractivity contribution in [2.45, 2.75) is 12.4 Å². The second kappa shape index (κ2) is 11.2. The van der Waals surface area contributed by atoms with Crippen molar-refractivity contribution in [2.75, 3.05) is 4.90 Å². The molecule has 2 amide bonds. The van der Waals surface area contributed by atoms with Crippen molar-refractivity contribution in [2.24, 2.45) is 0 Å². The van der Waals surface area contributed by atoms with Gasteiger partial charge in [-0.05, 0) is 70.8 Å². The zero-order valence-corrected chi connectivity index (χ0v) is 25.7. The highest BCUT2D eigenvalue weighted by Gasteiger charge is 2.40. The van der Waals surface area contributed by atoms with Crippen LogP contribution in [0.3, 0.4) is 0 Å². The number of hydrogen-bond acceptors (Lipinski definition) is 2. The van der Waals surface area contributed by atoms with Crippen LogP contribution < -0.4 is 4.90 Å². The number of imide groups is 1. The molecular weight excluding hydrogens is 654 g/mol. The maximum absolute atomic E-state index is 14.2. The number of alkyl halides is 6. The summed E-state index contributed by atoms with van der Waals surface area (Å²) in [6, 6.07) is 34.7. The molecule has 1 aliphatic rings. The van der Waals surface area contributed by atoms with Gasteiger partial charge in [0.1, 0.15) is 0 Å². The lowest BCUT2D eigenvalue weighted by atomic mass is 9.96. The number of rotatable bonds is 4. The van der Waals surface area contributed by atoms with Crippen LogP contribution in [0, 0.1) is 0 Å². The number of amides is 2. The van der Waals surface area contributed by atoms with Crippen molar-refractivity contribution in [3.8, 4) is 27.9 Å². The summed E-state index contributed by atoms with van der Waals surface area (Å²) in [7, 11) is 0. The van der Waals surface area contributed by atoms with Gasteiger partial charge in [0.05, 0.1) is 44.7 Å². The summed E-state index contributed by atoms with van der Waals surface area (Å²) in [6.45, 7) is 0. The Morgan fingerprint density at radius 1 is 0.480 bits per heavy atom. The van der Waals surface area contributed by atoms with E-state index >= 15 is 0 Å². The third kappa shape index (κ3) is 4.94. The Morgan fingerprint density at radius 3 is 1.86 bits per heavy atom. The Balaban J connectivity index is 1.29. The second-order valence-electron chi connectivity index (χ2n) is 11.9. The first kappa shape index (κ1) is 31.1. The van der Waals surface area contributed by atoms with E-state index < -0.39 is 40.9 Å². The summed E-state index contributed by atoms with van der Waals surface area (Å²) in [6.07, 6.45) is -10.0. The van der Waals surface area contributed by atoms with Gasteiger partial charge in [-0.2, -0.15) is 26.3 Å². The first-order valence-electron chi connectivity index (χ1n) is 15.4. The monoisotopic (exact) mass is 676 g/mol. The van der Waals surface area contributed by atoms with Crippen LogP contribution in [0.15, 0.2) is 133 Å². The minimum absolute atomic E-state index is 0.0257. The molecule has 0 saturated carbocycles. The zero-order chi connectivity index (χ0) is 34.9. The van der Waals surface area contributed by atoms with Gasteiger partial charge >= 0.3 is 12.4 Å². The van der Waals surface area contributed by atoms with Crippen molar-refractivity contribution < 1.29 is 35.9 Å². The molecule has 0 atom stereocenters. The predicted molar refractivity (Wildman–Crippen MR) is 179 cm³/mol. The van der Waals surface area contributed by atoms with Gasteiger partial charge in [0.2, 0.25) is 0 Å². The summed E-state index contributed by atoms with van der Waals surface area (Å²) in [5.74, 6) is -1.10. The maximum Gasteiger partial charge on any atom is 0.417 e. The lowest BCUT2D eigenvalue weighted by Gasteiger charge is -2.17. The number of aromatic nitrogens is 1. The lowest BCUT2D eigenvalue weighted by Crippen LogP contribution is -2.29. The quantitative estimate of drug-likeness (QED) is 0.138. The van der Waals surface area contributed by atoms with E-state index in [2.05, 4.69) is 0 Å². The Kier molecular flexibility index (Phi) is 6.97. The molecule has 6 aromatic carbocycles. The molecule has 8 rings (SSSR count). The van der Waals surface area contributed by atoms with Crippen molar-refractivity contribution in [1.29, 1.82) is 0 Å². The molecule has 0 unspecified atom stereocenters.